The summed E-state index contributed by atoms with van der Waals surface area (Å²) in [7, 11) is 0. The second-order valence-corrected chi connectivity index (χ2v) is 8.98. The van der Waals surface area contributed by atoms with Gasteiger partial charge in [0.25, 0.3) is 5.91 Å². The quantitative estimate of drug-likeness (QED) is 0.564. The van der Waals surface area contributed by atoms with Crippen LogP contribution in [0.4, 0.5) is 5.69 Å². The summed E-state index contributed by atoms with van der Waals surface area (Å²) in [5, 5.41) is 13.1. The number of carbonyl (C=O) groups excluding carboxylic acids is 1. The molecule has 1 fully saturated rings. The SMILES string of the molecule is CC1(C)C=C2C(=[N+]([O-])c3cc(C(=O)N4CCCC4)ccc32)C(C)(C)C1. The molecule has 0 unspecified atom stereocenters. The lowest BCUT2D eigenvalue weighted by atomic mass is 9.65. The molecule has 4 nitrogen and oxygen atoms in total. The zero-order valence-corrected chi connectivity index (χ0v) is 15.6. The van der Waals surface area contributed by atoms with Crippen molar-refractivity contribution >= 4 is 22.9 Å². The van der Waals surface area contributed by atoms with Crippen molar-refractivity contribution in [3.05, 3.63) is 40.6 Å². The van der Waals surface area contributed by atoms with Gasteiger partial charge in [0, 0.05) is 24.7 Å². The molecule has 0 N–H and O–H groups in total. The summed E-state index contributed by atoms with van der Waals surface area (Å²) >= 11 is 0. The number of hydrogen-bond donors (Lipinski definition) is 0. The number of hydrogen-bond acceptors (Lipinski definition) is 2. The molecule has 25 heavy (non-hydrogen) atoms. The maximum Gasteiger partial charge on any atom is 0.254 e. The van der Waals surface area contributed by atoms with Gasteiger partial charge in [0.15, 0.2) is 0 Å². The van der Waals surface area contributed by atoms with Gasteiger partial charge in [0.1, 0.15) is 0 Å². The Morgan fingerprint density at radius 2 is 1.84 bits per heavy atom. The first-order chi connectivity index (χ1) is 11.7. The van der Waals surface area contributed by atoms with Crippen molar-refractivity contribution in [2.75, 3.05) is 13.1 Å². The normalized spacial score (nSPS) is 23.4. The molecule has 4 heteroatoms. The second kappa shape index (κ2) is 5.20. The van der Waals surface area contributed by atoms with E-state index < -0.39 is 0 Å². The van der Waals surface area contributed by atoms with E-state index in [1.54, 1.807) is 6.07 Å². The number of rotatable bonds is 1. The van der Waals surface area contributed by atoms with Gasteiger partial charge in [-0.3, -0.25) is 4.79 Å². The molecule has 4 rings (SSSR count). The number of likely N-dealkylation sites (tertiary alicyclic amines) is 1. The van der Waals surface area contributed by atoms with Crippen molar-refractivity contribution in [2.45, 2.75) is 47.0 Å². The molecule has 0 radical (unpaired) electrons. The van der Waals surface area contributed by atoms with Gasteiger partial charge in [-0.1, -0.05) is 19.9 Å². The van der Waals surface area contributed by atoms with Crippen molar-refractivity contribution in [3.63, 3.8) is 0 Å². The standard InChI is InChI=1S/C21H26N2O2/c1-20(2)12-16-15-8-7-14(19(24)22-9-5-6-10-22)11-17(15)23(25)18(16)21(3,4)13-20/h7-8,11-12H,5-6,9-10,13H2,1-4H3. The Morgan fingerprint density at radius 3 is 2.52 bits per heavy atom. The van der Waals surface area contributed by atoms with Crippen LogP contribution >= 0.6 is 0 Å². The number of allylic oxidation sites excluding steroid dienone is 2. The summed E-state index contributed by atoms with van der Waals surface area (Å²) in [5.41, 5.74) is 3.96. The van der Waals surface area contributed by atoms with E-state index in [-0.39, 0.29) is 16.7 Å². The Balaban J connectivity index is 1.82. The Hall–Kier alpha value is -2.10. The molecule has 0 saturated carbocycles. The molecule has 1 aromatic rings. The summed E-state index contributed by atoms with van der Waals surface area (Å²) in [6, 6.07) is 5.63. The van der Waals surface area contributed by atoms with Crippen molar-refractivity contribution in [2.24, 2.45) is 10.8 Å². The third-order valence-corrected chi connectivity index (χ3v) is 5.68. The zero-order valence-electron chi connectivity index (χ0n) is 15.6. The fraction of sp³-hybridized carbons (Fsp3) is 0.524. The van der Waals surface area contributed by atoms with E-state index in [0.29, 0.717) is 11.3 Å². The largest absolute Gasteiger partial charge is 0.618 e. The second-order valence-electron chi connectivity index (χ2n) is 8.98. The summed E-state index contributed by atoms with van der Waals surface area (Å²) in [6.07, 6.45) is 5.30. The van der Waals surface area contributed by atoms with E-state index in [2.05, 4.69) is 33.8 Å². The predicted molar refractivity (Wildman–Crippen MR) is 100 cm³/mol. The minimum Gasteiger partial charge on any atom is -0.618 e. The highest BCUT2D eigenvalue weighted by Gasteiger charge is 2.48. The number of fused-ring (bicyclic) bond motifs is 3. The van der Waals surface area contributed by atoms with Gasteiger partial charge < -0.3 is 10.1 Å². The molecule has 2 aliphatic heterocycles. The molecule has 1 saturated heterocycles. The topological polar surface area (TPSA) is 46.4 Å². The molecule has 1 aromatic carbocycles. The summed E-state index contributed by atoms with van der Waals surface area (Å²) in [4.78, 5) is 14.6. The Kier molecular flexibility index (Phi) is 3.40. The minimum absolute atomic E-state index is 0.0436. The van der Waals surface area contributed by atoms with Gasteiger partial charge in [-0.25, -0.2) is 0 Å². The zero-order chi connectivity index (χ0) is 18.0. The predicted octanol–water partition coefficient (Wildman–Crippen LogP) is 4.36. The van der Waals surface area contributed by atoms with Crippen LogP contribution in [0, 0.1) is 16.0 Å². The van der Waals surface area contributed by atoms with Gasteiger partial charge in [-0.15, -0.1) is 0 Å². The number of carbonyl (C=O) groups is 1. The monoisotopic (exact) mass is 338 g/mol. The van der Waals surface area contributed by atoms with E-state index in [4.69, 9.17) is 0 Å². The van der Waals surface area contributed by atoms with Gasteiger partial charge in [0.2, 0.25) is 11.4 Å². The Morgan fingerprint density at radius 1 is 1.16 bits per heavy atom. The van der Waals surface area contributed by atoms with Crippen LogP contribution in [0.15, 0.2) is 24.3 Å². The minimum atomic E-state index is -0.187. The fourth-order valence-corrected chi connectivity index (χ4v) is 4.97. The van der Waals surface area contributed by atoms with E-state index >= 15 is 0 Å². The Labute approximate surface area is 149 Å². The van der Waals surface area contributed by atoms with Crippen LogP contribution < -0.4 is 0 Å². The van der Waals surface area contributed by atoms with Crippen molar-refractivity contribution in [3.8, 4) is 0 Å². The average molecular weight is 338 g/mol. The molecule has 0 aromatic heterocycles. The van der Waals surface area contributed by atoms with Gasteiger partial charge in [-0.05, 0) is 50.7 Å². The van der Waals surface area contributed by atoms with E-state index in [9.17, 15) is 10.0 Å². The number of amides is 1. The highest BCUT2D eigenvalue weighted by molar-refractivity contribution is 6.28. The van der Waals surface area contributed by atoms with Crippen LogP contribution in [0.5, 0.6) is 0 Å². The van der Waals surface area contributed by atoms with Gasteiger partial charge in [-0.2, -0.15) is 4.74 Å². The smallest absolute Gasteiger partial charge is 0.254 e. The van der Waals surface area contributed by atoms with Crippen molar-refractivity contribution in [1.29, 1.82) is 0 Å². The third-order valence-electron chi connectivity index (χ3n) is 5.68. The van der Waals surface area contributed by atoms with Gasteiger partial charge in [0.05, 0.1) is 16.6 Å². The molecule has 2 heterocycles. The molecule has 0 bridgehead atoms. The van der Waals surface area contributed by atoms with E-state index in [0.717, 1.165) is 53.9 Å². The van der Waals surface area contributed by atoms with Crippen LogP contribution in [-0.4, -0.2) is 34.3 Å². The third kappa shape index (κ3) is 2.50. The van der Waals surface area contributed by atoms with Gasteiger partial charge >= 0.3 is 0 Å². The van der Waals surface area contributed by atoms with Crippen LogP contribution in [0.25, 0.3) is 5.57 Å². The average Bonchev–Trinajstić information content (AvgIpc) is 3.12. The molecular weight excluding hydrogens is 312 g/mol. The lowest BCUT2D eigenvalue weighted by Crippen LogP contribution is -2.36. The maximum absolute atomic E-state index is 13.1. The van der Waals surface area contributed by atoms with Crippen LogP contribution in [0.3, 0.4) is 0 Å². The molecular formula is C21H26N2O2. The summed E-state index contributed by atoms with van der Waals surface area (Å²) in [5.74, 6) is 0.0436. The highest BCUT2D eigenvalue weighted by Crippen LogP contribution is 2.50. The van der Waals surface area contributed by atoms with Crippen LogP contribution in [-0.2, 0) is 0 Å². The first-order valence-corrected chi connectivity index (χ1v) is 9.21. The highest BCUT2D eigenvalue weighted by atomic mass is 16.5. The van der Waals surface area contributed by atoms with Crippen molar-refractivity contribution < 1.29 is 9.53 Å². The molecule has 132 valence electrons. The fourth-order valence-electron chi connectivity index (χ4n) is 4.97. The summed E-state index contributed by atoms with van der Waals surface area (Å²) < 4.78 is 1.07. The Bertz CT molecular complexity index is 824. The first-order valence-electron chi connectivity index (χ1n) is 9.21. The maximum atomic E-state index is 13.1. The molecule has 0 spiro atoms. The molecule has 1 aliphatic carbocycles. The number of benzene rings is 1. The number of nitrogens with zero attached hydrogens (tertiary/aromatic N) is 2. The first kappa shape index (κ1) is 16.4. The van der Waals surface area contributed by atoms with E-state index in [1.165, 1.54) is 0 Å². The molecule has 0 atom stereocenters. The lowest BCUT2D eigenvalue weighted by molar-refractivity contribution is -0.361. The lowest BCUT2D eigenvalue weighted by Gasteiger charge is -2.36. The van der Waals surface area contributed by atoms with Crippen LogP contribution in [0.2, 0.25) is 0 Å². The van der Waals surface area contributed by atoms with Crippen molar-refractivity contribution in [1.82, 2.24) is 4.90 Å². The molecule has 3 aliphatic rings. The van der Waals surface area contributed by atoms with Crippen LogP contribution in [0.1, 0.15) is 62.9 Å². The summed E-state index contributed by atoms with van der Waals surface area (Å²) in [6.45, 7) is 10.4. The molecule has 1 amide bonds. The van der Waals surface area contributed by atoms with E-state index in [1.807, 2.05) is 17.0 Å².